The van der Waals surface area contributed by atoms with E-state index in [1.165, 1.54) is 18.9 Å². The average Bonchev–Trinajstić information content (AvgIpc) is 3.11. The van der Waals surface area contributed by atoms with E-state index >= 15 is 0 Å². The summed E-state index contributed by atoms with van der Waals surface area (Å²) in [5.74, 6) is 0.768. The van der Waals surface area contributed by atoms with Crippen LogP contribution in [0.4, 0.5) is 0 Å². The van der Waals surface area contributed by atoms with Crippen molar-refractivity contribution in [2.75, 3.05) is 14.2 Å². The van der Waals surface area contributed by atoms with Gasteiger partial charge in [-0.1, -0.05) is 53.2 Å². The molecule has 1 heterocycles. The van der Waals surface area contributed by atoms with Crippen LogP contribution in [-0.4, -0.2) is 35.0 Å². The predicted molar refractivity (Wildman–Crippen MR) is 109 cm³/mol. The van der Waals surface area contributed by atoms with Gasteiger partial charge >= 0.3 is 5.97 Å². The fourth-order valence-electron chi connectivity index (χ4n) is 2.60. The molecule has 0 spiro atoms. The molecule has 0 aliphatic rings. The highest BCUT2D eigenvalue weighted by Gasteiger charge is 2.17. The topological polar surface area (TPSA) is 66.2 Å². The van der Waals surface area contributed by atoms with Crippen molar-refractivity contribution in [1.29, 1.82) is 0 Å². The van der Waals surface area contributed by atoms with E-state index in [1.807, 2.05) is 22.8 Å². The van der Waals surface area contributed by atoms with E-state index < -0.39 is 0 Å². The average molecular weight is 438 g/mol. The second-order valence-electron chi connectivity index (χ2n) is 5.70. The molecule has 0 aliphatic heterocycles. The van der Waals surface area contributed by atoms with E-state index in [0.717, 1.165) is 11.3 Å². The standard InChI is InChI=1S/C19H17Cl2N3O3S/c1-26-10-17-22-23-19(24(17)13-7-8-15(20)16(21)9-13)28-11-12-5-3-4-6-14(12)18(25)27-2/h3-9H,10-11H2,1-2H3. The summed E-state index contributed by atoms with van der Waals surface area (Å²) >= 11 is 13.7. The van der Waals surface area contributed by atoms with Gasteiger partial charge in [0.2, 0.25) is 0 Å². The number of methoxy groups -OCH3 is 2. The van der Waals surface area contributed by atoms with Gasteiger partial charge in [0.1, 0.15) is 6.61 Å². The van der Waals surface area contributed by atoms with Gasteiger partial charge in [0, 0.05) is 12.9 Å². The van der Waals surface area contributed by atoms with Gasteiger partial charge in [-0.3, -0.25) is 4.57 Å². The van der Waals surface area contributed by atoms with Gasteiger partial charge in [-0.25, -0.2) is 4.79 Å². The molecule has 0 saturated heterocycles. The van der Waals surface area contributed by atoms with Gasteiger partial charge in [-0.15, -0.1) is 10.2 Å². The van der Waals surface area contributed by atoms with Crippen LogP contribution in [0, 0.1) is 0 Å². The molecule has 0 aliphatic carbocycles. The number of aromatic nitrogens is 3. The van der Waals surface area contributed by atoms with Crippen LogP contribution in [-0.2, 0) is 21.8 Å². The van der Waals surface area contributed by atoms with Crippen molar-refractivity contribution in [3.8, 4) is 5.69 Å². The maximum Gasteiger partial charge on any atom is 0.338 e. The Bertz CT molecular complexity index is 994. The molecule has 28 heavy (non-hydrogen) atoms. The van der Waals surface area contributed by atoms with Crippen molar-refractivity contribution in [1.82, 2.24) is 14.8 Å². The molecular formula is C19H17Cl2N3O3S. The van der Waals surface area contributed by atoms with Crippen LogP contribution in [0.1, 0.15) is 21.7 Å². The lowest BCUT2D eigenvalue weighted by atomic mass is 10.1. The van der Waals surface area contributed by atoms with Crippen molar-refractivity contribution >= 4 is 40.9 Å². The summed E-state index contributed by atoms with van der Waals surface area (Å²) in [6.45, 7) is 0.284. The largest absolute Gasteiger partial charge is 0.465 e. The maximum atomic E-state index is 12.0. The molecule has 1 aromatic heterocycles. The Morgan fingerprint density at radius 1 is 1.11 bits per heavy atom. The normalized spacial score (nSPS) is 10.9. The monoisotopic (exact) mass is 437 g/mol. The number of benzene rings is 2. The van der Waals surface area contributed by atoms with Crippen molar-refractivity contribution in [2.24, 2.45) is 0 Å². The number of thioether (sulfide) groups is 1. The third-order valence-electron chi connectivity index (χ3n) is 3.91. The third-order valence-corrected chi connectivity index (χ3v) is 5.63. The summed E-state index contributed by atoms with van der Waals surface area (Å²) in [7, 11) is 2.96. The number of carbonyl (C=O) groups is 1. The minimum absolute atomic E-state index is 0.284. The molecule has 3 rings (SSSR count). The van der Waals surface area contributed by atoms with Crippen molar-refractivity contribution in [3.63, 3.8) is 0 Å². The first-order chi connectivity index (χ1) is 13.5. The molecule has 0 saturated carbocycles. The number of hydrogen-bond donors (Lipinski definition) is 0. The van der Waals surface area contributed by atoms with Crippen LogP contribution in [0.5, 0.6) is 0 Å². The number of hydrogen-bond acceptors (Lipinski definition) is 6. The second kappa shape index (κ2) is 9.43. The van der Waals surface area contributed by atoms with E-state index in [9.17, 15) is 4.79 Å². The number of ether oxygens (including phenoxy) is 2. The molecule has 0 amide bonds. The first-order valence-electron chi connectivity index (χ1n) is 8.22. The summed E-state index contributed by atoms with van der Waals surface area (Å²) in [4.78, 5) is 12.0. The lowest BCUT2D eigenvalue weighted by Gasteiger charge is -2.11. The van der Waals surface area contributed by atoms with Gasteiger partial charge in [0.05, 0.1) is 28.4 Å². The van der Waals surface area contributed by atoms with Crippen LogP contribution in [0.2, 0.25) is 10.0 Å². The Labute approximate surface area is 176 Å². The maximum absolute atomic E-state index is 12.0. The highest BCUT2D eigenvalue weighted by atomic mass is 35.5. The third kappa shape index (κ3) is 4.50. The molecule has 0 N–H and O–H groups in total. The van der Waals surface area contributed by atoms with E-state index in [-0.39, 0.29) is 12.6 Å². The molecule has 0 bridgehead atoms. The molecule has 0 radical (unpaired) electrons. The van der Waals surface area contributed by atoms with Crippen LogP contribution >= 0.6 is 35.0 Å². The molecule has 0 unspecified atom stereocenters. The van der Waals surface area contributed by atoms with Gasteiger partial charge < -0.3 is 9.47 Å². The first-order valence-corrected chi connectivity index (χ1v) is 9.97. The number of carbonyl (C=O) groups excluding carboxylic acids is 1. The van der Waals surface area contributed by atoms with Gasteiger partial charge in [0.25, 0.3) is 0 Å². The van der Waals surface area contributed by atoms with Crippen molar-refractivity contribution in [3.05, 3.63) is 69.5 Å². The zero-order chi connectivity index (χ0) is 20.1. The quantitative estimate of drug-likeness (QED) is 0.390. The molecule has 2 aromatic carbocycles. The van der Waals surface area contributed by atoms with Gasteiger partial charge in [-0.05, 0) is 29.8 Å². The Balaban J connectivity index is 1.93. The number of nitrogens with zero attached hydrogens (tertiary/aromatic N) is 3. The SMILES string of the molecule is COCc1nnc(SCc2ccccc2C(=O)OC)n1-c1ccc(Cl)c(Cl)c1. The molecule has 0 atom stereocenters. The lowest BCUT2D eigenvalue weighted by molar-refractivity contribution is 0.0600. The summed E-state index contributed by atoms with van der Waals surface area (Å²) in [5.41, 5.74) is 2.14. The smallest absolute Gasteiger partial charge is 0.338 e. The zero-order valence-electron chi connectivity index (χ0n) is 15.2. The van der Waals surface area contributed by atoms with Crippen LogP contribution in [0.25, 0.3) is 5.69 Å². The van der Waals surface area contributed by atoms with E-state index in [1.54, 1.807) is 31.4 Å². The number of halogens is 2. The Morgan fingerprint density at radius 2 is 1.89 bits per heavy atom. The summed E-state index contributed by atoms with van der Waals surface area (Å²) in [5, 5.41) is 10.0. The minimum atomic E-state index is -0.373. The summed E-state index contributed by atoms with van der Waals surface area (Å²) < 4.78 is 11.9. The highest BCUT2D eigenvalue weighted by molar-refractivity contribution is 7.98. The molecular weight excluding hydrogens is 421 g/mol. The number of rotatable bonds is 7. The number of esters is 1. The Hall–Kier alpha value is -2.06. The fourth-order valence-corrected chi connectivity index (χ4v) is 3.86. The Kier molecular flexibility index (Phi) is 6.96. The van der Waals surface area contributed by atoms with Gasteiger partial charge in [-0.2, -0.15) is 0 Å². The summed E-state index contributed by atoms with van der Waals surface area (Å²) in [6, 6.07) is 12.6. The van der Waals surface area contributed by atoms with E-state index in [0.29, 0.717) is 32.3 Å². The Morgan fingerprint density at radius 3 is 2.61 bits per heavy atom. The zero-order valence-corrected chi connectivity index (χ0v) is 17.5. The first kappa shape index (κ1) is 20.7. The van der Waals surface area contributed by atoms with E-state index in [2.05, 4.69) is 10.2 Å². The molecule has 3 aromatic rings. The fraction of sp³-hybridized carbons (Fsp3) is 0.211. The lowest BCUT2D eigenvalue weighted by Crippen LogP contribution is -2.06. The highest BCUT2D eigenvalue weighted by Crippen LogP contribution is 2.30. The molecule has 6 nitrogen and oxygen atoms in total. The predicted octanol–water partition coefficient (Wildman–Crippen LogP) is 4.80. The van der Waals surface area contributed by atoms with Crippen molar-refractivity contribution < 1.29 is 14.3 Å². The van der Waals surface area contributed by atoms with E-state index in [4.69, 9.17) is 32.7 Å². The van der Waals surface area contributed by atoms with Gasteiger partial charge in [0.15, 0.2) is 11.0 Å². The van der Waals surface area contributed by atoms with Crippen molar-refractivity contribution in [2.45, 2.75) is 17.5 Å². The van der Waals surface area contributed by atoms with Crippen LogP contribution in [0.15, 0.2) is 47.6 Å². The molecule has 146 valence electrons. The van der Waals surface area contributed by atoms with Crippen LogP contribution in [0.3, 0.4) is 0 Å². The van der Waals surface area contributed by atoms with Crippen LogP contribution < -0.4 is 0 Å². The molecule has 0 fully saturated rings. The minimum Gasteiger partial charge on any atom is -0.465 e. The molecule has 9 heteroatoms. The summed E-state index contributed by atoms with van der Waals surface area (Å²) in [6.07, 6.45) is 0. The second-order valence-corrected chi connectivity index (χ2v) is 7.46.